The number of aromatic nitrogens is 1. The minimum Gasteiger partial charge on any atom is -0.263 e. The van der Waals surface area contributed by atoms with Gasteiger partial charge in [0.25, 0.3) is 0 Å². The Kier molecular flexibility index (Phi) is 4.60. The lowest BCUT2D eigenvalue weighted by Gasteiger charge is -2.11. The van der Waals surface area contributed by atoms with E-state index in [-0.39, 0.29) is 4.83 Å². The van der Waals surface area contributed by atoms with Crippen molar-refractivity contribution in [3.05, 3.63) is 63.3 Å². The lowest BCUT2D eigenvalue weighted by molar-refractivity contribution is 0.944. The molecule has 1 aromatic heterocycles. The average Bonchev–Trinajstić information content (AvgIpc) is 2.33. The van der Waals surface area contributed by atoms with E-state index < -0.39 is 0 Å². The van der Waals surface area contributed by atoms with Crippen LogP contribution in [0.1, 0.15) is 16.0 Å². The van der Waals surface area contributed by atoms with Crippen LogP contribution in [-0.4, -0.2) is 4.98 Å². The van der Waals surface area contributed by atoms with Gasteiger partial charge >= 0.3 is 0 Å². The van der Waals surface area contributed by atoms with Gasteiger partial charge in [-0.05, 0) is 35.7 Å². The van der Waals surface area contributed by atoms with E-state index in [1.807, 2.05) is 18.2 Å². The van der Waals surface area contributed by atoms with Crippen molar-refractivity contribution in [1.29, 1.82) is 0 Å². The predicted octanol–water partition coefficient (Wildman–Crippen LogP) is 5.18. The van der Waals surface area contributed by atoms with Gasteiger partial charge in [-0.15, -0.1) is 0 Å². The second kappa shape index (κ2) is 5.98. The van der Waals surface area contributed by atoms with Crippen molar-refractivity contribution in [2.75, 3.05) is 0 Å². The van der Waals surface area contributed by atoms with Crippen molar-refractivity contribution in [2.45, 2.75) is 11.2 Å². The lowest BCUT2D eigenvalue weighted by atomic mass is 10.1. The molecule has 0 N–H and O–H groups in total. The van der Waals surface area contributed by atoms with Crippen molar-refractivity contribution < 1.29 is 0 Å². The Morgan fingerprint density at radius 1 is 1.18 bits per heavy atom. The minimum atomic E-state index is 0.260. The van der Waals surface area contributed by atoms with Gasteiger partial charge in [0.05, 0.1) is 5.02 Å². The van der Waals surface area contributed by atoms with Gasteiger partial charge in [-0.3, -0.25) is 4.98 Å². The SMILES string of the molecule is Clc1cnccc1CC(Br)c1ccc(Br)cc1. The first-order valence-electron chi connectivity index (χ1n) is 5.15. The summed E-state index contributed by atoms with van der Waals surface area (Å²) in [5.74, 6) is 0. The topological polar surface area (TPSA) is 12.9 Å². The highest BCUT2D eigenvalue weighted by Gasteiger charge is 2.10. The molecule has 0 radical (unpaired) electrons. The fourth-order valence-electron chi connectivity index (χ4n) is 1.55. The summed E-state index contributed by atoms with van der Waals surface area (Å²) < 4.78 is 1.09. The minimum absolute atomic E-state index is 0.260. The summed E-state index contributed by atoms with van der Waals surface area (Å²) >= 11 is 13.2. The van der Waals surface area contributed by atoms with Crippen LogP contribution >= 0.6 is 43.5 Å². The van der Waals surface area contributed by atoms with Gasteiger partial charge in [0.2, 0.25) is 0 Å². The average molecular weight is 375 g/mol. The Balaban J connectivity index is 2.14. The van der Waals surface area contributed by atoms with Gasteiger partial charge in [-0.25, -0.2) is 0 Å². The fourth-order valence-corrected chi connectivity index (χ4v) is 2.67. The molecule has 1 heterocycles. The molecule has 0 bridgehead atoms. The van der Waals surface area contributed by atoms with E-state index in [1.54, 1.807) is 12.4 Å². The number of nitrogens with zero attached hydrogens (tertiary/aromatic N) is 1. The van der Waals surface area contributed by atoms with Crippen molar-refractivity contribution >= 4 is 43.5 Å². The van der Waals surface area contributed by atoms with E-state index in [0.717, 1.165) is 16.5 Å². The van der Waals surface area contributed by atoms with Crippen LogP contribution in [-0.2, 0) is 6.42 Å². The first kappa shape index (κ1) is 13.1. The van der Waals surface area contributed by atoms with Crippen molar-refractivity contribution in [3.8, 4) is 0 Å². The predicted molar refractivity (Wildman–Crippen MR) is 78.8 cm³/mol. The van der Waals surface area contributed by atoms with Gasteiger partial charge in [-0.2, -0.15) is 0 Å². The van der Waals surface area contributed by atoms with E-state index in [2.05, 4.69) is 49.0 Å². The van der Waals surface area contributed by atoms with Crippen LogP contribution in [0, 0.1) is 0 Å². The number of benzene rings is 1. The number of halogens is 3. The monoisotopic (exact) mass is 373 g/mol. The van der Waals surface area contributed by atoms with Crippen molar-refractivity contribution in [1.82, 2.24) is 4.98 Å². The molecule has 4 heteroatoms. The highest BCUT2D eigenvalue weighted by atomic mass is 79.9. The summed E-state index contributed by atoms with van der Waals surface area (Å²) in [6.45, 7) is 0. The third kappa shape index (κ3) is 3.54. The van der Waals surface area contributed by atoms with Gasteiger partial charge in [0.15, 0.2) is 0 Å². The second-order valence-corrected chi connectivity index (χ2v) is 6.12. The van der Waals surface area contributed by atoms with E-state index >= 15 is 0 Å². The summed E-state index contributed by atoms with van der Waals surface area (Å²) in [6, 6.07) is 10.2. The summed E-state index contributed by atoms with van der Waals surface area (Å²) in [7, 11) is 0. The zero-order valence-corrected chi connectivity index (χ0v) is 12.8. The normalized spacial score (nSPS) is 12.4. The van der Waals surface area contributed by atoms with E-state index in [1.165, 1.54) is 5.56 Å². The fraction of sp³-hybridized carbons (Fsp3) is 0.154. The maximum absolute atomic E-state index is 6.09. The molecule has 17 heavy (non-hydrogen) atoms. The van der Waals surface area contributed by atoms with Crippen LogP contribution in [0.25, 0.3) is 0 Å². The van der Waals surface area contributed by atoms with Crippen molar-refractivity contribution in [3.63, 3.8) is 0 Å². The maximum Gasteiger partial charge on any atom is 0.0621 e. The molecule has 0 saturated carbocycles. The van der Waals surface area contributed by atoms with E-state index in [4.69, 9.17) is 11.6 Å². The highest BCUT2D eigenvalue weighted by Crippen LogP contribution is 2.30. The third-order valence-electron chi connectivity index (χ3n) is 2.49. The quantitative estimate of drug-likeness (QED) is 0.674. The maximum atomic E-state index is 6.09. The molecular formula is C13H10Br2ClN. The molecule has 0 spiro atoms. The summed E-state index contributed by atoms with van der Waals surface area (Å²) in [4.78, 5) is 4.24. The van der Waals surface area contributed by atoms with Crippen LogP contribution < -0.4 is 0 Å². The second-order valence-electron chi connectivity index (χ2n) is 3.69. The van der Waals surface area contributed by atoms with E-state index in [0.29, 0.717) is 5.02 Å². The summed E-state index contributed by atoms with van der Waals surface area (Å²) in [5, 5.41) is 0.717. The molecule has 1 atom stereocenters. The van der Waals surface area contributed by atoms with Crippen LogP contribution in [0.15, 0.2) is 47.2 Å². The molecule has 0 aliphatic rings. The molecule has 2 rings (SSSR count). The Labute approximate surface area is 122 Å². The van der Waals surface area contributed by atoms with Crippen LogP contribution in [0.2, 0.25) is 5.02 Å². The molecule has 0 amide bonds. The summed E-state index contributed by atoms with van der Waals surface area (Å²) in [5.41, 5.74) is 2.34. The van der Waals surface area contributed by atoms with Gasteiger partial charge in [0.1, 0.15) is 0 Å². The standard InChI is InChI=1S/C13H10Br2ClN/c14-11-3-1-9(2-4-11)12(15)7-10-5-6-17-8-13(10)16/h1-6,8,12H,7H2. The largest absolute Gasteiger partial charge is 0.263 e. The van der Waals surface area contributed by atoms with Crippen LogP contribution in [0.5, 0.6) is 0 Å². The Morgan fingerprint density at radius 2 is 1.88 bits per heavy atom. The van der Waals surface area contributed by atoms with Gasteiger partial charge in [-0.1, -0.05) is 55.6 Å². The summed E-state index contributed by atoms with van der Waals surface area (Å²) in [6.07, 6.45) is 4.30. The molecule has 0 saturated heterocycles. The third-order valence-corrected chi connectivity index (χ3v) is 4.21. The molecule has 2 aromatic rings. The number of pyridine rings is 1. The first-order valence-corrected chi connectivity index (χ1v) is 7.23. The van der Waals surface area contributed by atoms with E-state index in [9.17, 15) is 0 Å². The van der Waals surface area contributed by atoms with Crippen LogP contribution in [0.3, 0.4) is 0 Å². The zero-order chi connectivity index (χ0) is 12.3. The van der Waals surface area contributed by atoms with Crippen LogP contribution in [0.4, 0.5) is 0 Å². The number of rotatable bonds is 3. The Bertz CT molecular complexity index is 499. The number of alkyl halides is 1. The Morgan fingerprint density at radius 3 is 2.53 bits per heavy atom. The zero-order valence-electron chi connectivity index (χ0n) is 8.91. The molecule has 88 valence electrons. The number of hydrogen-bond donors (Lipinski definition) is 0. The molecule has 0 fully saturated rings. The highest BCUT2D eigenvalue weighted by molar-refractivity contribution is 9.10. The lowest BCUT2D eigenvalue weighted by Crippen LogP contribution is -1.96. The Hall–Kier alpha value is -0.380. The molecule has 0 aliphatic heterocycles. The molecule has 0 aliphatic carbocycles. The smallest absolute Gasteiger partial charge is 0.0621 e. The molecule has 1 nitrogen and oxygen atoms in total. The molecule has 1 unspecified atom stereocenters. The molecule has 1 aromatic carbocycles. The van der Waals surface area contributed by atoms with Gasteiger partial charge in [0, 0.05) is 21.7 Å². The van der Waals surface area contributed by atoms with Gasteiger partial charge < -0.3 is 0 Å². The first-order chi connectivity index (χ1) is 8.16. The molecular weight excluding hydrogens is 365 g/mol. The van der Waals surface area contributed by atoms with Crippen molar-refractivity contribution in [2.24, 2.45) is 0 Å². The number of hydrogen-bond acceptors (Lipinski definition) is 1.